The lowest BCUT2D eigenvalue weighted by Crippen LogP contribution is -2.58. The fraction of sp³-hybridized carbons (Fsp3) is 0.318. The van der Waals surface area contributed by atoms with Crippen molar-refractivity contribution in [3.63, 3.8) is 0 Å². The Balaban J connectivity index is 1.58. The van der Waals surface area contributed by atoms with Crippen molar-refractivity contribution < 1.29 is 24.0 Å². The highest BCUT2D eigenvalue weighted by atomic mass is 16.6. The summed E-state index contributed by atoms with van der Waals surface area (Å²) < 4.78 is 5.15. The largest absolute Gasteiger partial charge is 0.445 e. The first-order valence-electron chi connectivity index (χ1n) is 10.0. The quantitative estimate of drug-likeness (QED) is 0.466. The molecule has 0 aliphatic carbocycles. The molecule has 10 nitrogen and oxygen atoms in total. The van der Waals surface area contributed by atoms with Gasteiger partial charge in [0.05, 0.1) is 4.92 Å². The molecule has 0 aromatic heterocycles. The van der Waals surface area contributed by atoms with Gasteiger partial charge in [-0.1, -0.05) is 30.3 Å². The van der Waals surface area contributed by atoms with Crippen molar-refractivity contribution in [1.29, 1.82) is 0 Å². The van der Waals surface area contributed by atoms with Crippen LogP contribution in [0.15, 0.2) is 48.5 Å². The second-order valence-corrected chi connectivity index (χ2v) is 7.96. The summed E-state index contributed by atoms with van der Waals surface area (Å²) in [5, 5.41) is 18.8. The number of ether oxygens (including phenoxy) is 1. The molecule has 3 rings (SSSR count). The molecule has 0 fully saturated rings. The van der Waals surface area contributed by atoms with Crippen LogP contribution >= 0.6 is 0 Å². The Bertz CT molecular complexity index is 1040. The van der Waals surface area contributed by atoms with E-state index in [1.54, 1.807) is 0 Å². The Morgan fingerprint density at radius 3 is 2.62 bits per heavy atom. The highest BCUT2D eigenvalue weighted by molar-refractivity contribution is 6.00. The van der Waals surface area contributed by atoms with E-state index >= 15 is 0 Å². The first-order valence-corrected chi connectivity index (χ1v) is 10.0. The van der Waals surface area contributed by atoms with Crippen molar-refractivity contribution in [3.05, 3.63) is 69.8 Å². The smallest absolute Gasteiger partial charge is 0.408 e. The molecule has 1 heterocycles. The van der Waals surface area contributed by atoms with Gasteiger partial charge in [-0.05, 0) is 43.9 Å². The van der Waals surface area contributed by atoms with Crippen LogP contribution < -0.4 is 16.0 Å². The molecule has 3 N–H and O–H groups in total. The van der Waals surface area contributed by atoms with E-state index in [0.717, 1.165) is 5.56 Å². The fourth-order valence-electron chi connectivity index (χ4n) is 3.22. The number of fused-ring (bicyclic) bond motifs is 1. The van der Waals surface area contributed by atoms with Crippen LogP contribution in [0.25, 0.3) is 0 Å². The van der Waals surface area contributed by atoms with Crippen molar-refractivity contribution in [2.75, 3.05) is 5.32 Å². The molecule has 0 bridgehead atoms. The number of nitrogens with zero attached hydrogens (tertiary/aromatic N) is 1. The van der Waals surface area contributed by atoms with E-state index in [9.17, 15) is 24.5 Å². The minimum Gasteiger partial charge on any atom is -0.445 e. The number of non-ortho nitro benzene ring substituents is 1. The summed E-state index contributed by atoms with van der Waals surface area (Å²) in [6.45, 7) is 3.05. The monoisotopic (exact) mass is 440 g/mol. The van der Waals surface area contributed by atoms with E-state index in [4.69, 9.17) is 4.74 Å². The number of nitrogens with one attached hydrogen (secondary N) is 3. The lowest BCUT2D eigenvalue weighted by molar-refractivity contribution is -0.384. The number of aryl methyl sites for hydroxylation is 1. The van der Waals surface area contributed by atoms with Crippen molar-refractivity contribution >= 4 is 29.3 Å². The van der Waals surface area contributed by atoms with Gasteiger partial charge in [-0.25, -0.2) is 4.79 Å². The van der Waals surface area contributed by atoms with Gasteiger partial charge in [0.25, 0.3) is 5.69 Å². The molecular formula is C22H24N4O6. The van der Waals surface area contributed by atoms with Gasteiger partial charge in [0.1, 0.15) is 18.2 Å². The van der Waals surface area contributed by atoms with Gasteiger partial charge >= 0.3 is 6.09 Å². The number of alkyl carbamates (subject to hydrolysis) is 1. The van der Waals surface area contributed by atoms with Gasteiger partial charge in [-0.15, -0.1) is 0 Å². The number of benzene rings is 2. The summed E-state index contributed by atoms with van der Waals surface area (Å²) >= 11 is 0. The Labute approximate surface area is 184 Å². The van der Waals surface area contributed by atoms with E-state index in [1.807, 2.05) is 30.3 Å². The summed E-state index contributed by atoms with van der Waals surface area (Å²) in [6, 6.07) is 12.4. The van der Waals surface area contributed by atoms with Gasteiger partial charge in [0.2, 0.25) is 11.8 Å². The summed E-state index contributed by atoms with van der Waals surface area (Å²) in [6.07, 6.45) is -0.160. The minimum absolute atomic E-state index is 0.0554. The topological polar surface area (TPSA) is 140 Å². The molecule has 3 amide bonds. The third-order valence-corrected chi connectivity index (χ3v) is 5.08. The molecule has 1 aliphatic heterocycles. The Hall–Kier alpha value is -3.95. The molecule has 0 saturated heterocycles. The van der Waals surface area contributed by atoms with E-state index in [-0.39, 0.29) is 18.7 Å². The molecule has 0 radical (unpaired) electrons. The standard InChI is InChI=1S/C22H24N4O6/c1-22(2,25-21(29)32-13-14-6-4-3-5-7-14)20(28)24-18-10-8-15-12-16(26(30)31)9-11-17(15)23-19(18)27/h3-7,9,11-12,18H,8,10,13H2,1-2H3,(H,23,27)(H,24,28)(H,25,29)/t18-/m1/s1. The molecule has 10 heteroatoms. The van der Waals surface area contributed by atoms with Crippen LogP contribution in [0.5, 0.6) is 0 Å². The number of amides is 3. The molecule has 2 aromatic rings. The second kappa shape index (κ2) is 9.46. The van der Waals surface area contributed by atoms with Crippen LogP contribution in [0.4, 0.5) is 16.2 Å². The predicted octanol–water partition coefficient (Wildman–Crippen LogP) is 2.67. The summed E-state index contributed by atoms with van der Waals surface area (Å²) in [5.41, 5.74) is 0.483. The zero-order valence-corrected chi connectivity index (χ0v) is 17.7. The highest BCUT2D eigenvalue weighted by Crippen LogP contribution is 2.26. The lowest BCUT2D eigenvalue weighted by Gasteiger charge is -2.27. The van der Waals surface area contributed by atoms with E-state index in [0.29, 0.717) is 17.7 Å². The van der Waals surface area contributed by atoms with Gasteiger partial charge in [-0.3, -0.25) is 19.7 Å². The fourth-order valence-corrected chi connectivity index (χ4v) is 3.22. The molecule has 0 unspecified atom stereocenters. The molecule has 0 spiro atoms. The van der Waals surface area contributed by atoms with Crippen molar-refractivity contribution in [3.8, 4) is 0 Å². The first-order chi connectivity index (χ1) is 15.2. The van der Waals surface area contributed by atoms with Crippen LogP contribution in [0.3, 0.4) is 0 Å². The van der Waals surface area contributed by atoms with E-state index in [1.165, 1.54) is 32.0 Å². The minimum atomic E-state index is -1.34. The van der Waals surface area contributed by atoms with E-state index < -0.39 is 34.4 Å². The van der Waals surface area contributed by atoms with Crippen LogP contribution in [-0.2, 0) is 27.4 Å². The van der Waals surface area contributed by atoms with Gasteiger partial charge in [0, 0.05) is 17.8 Å². The second-order valence-electron chi connectivity index (χ2n) is 7.96. The number of nitro benzene ring substituents is 1. The number of hydrogen-bond donors (Lipinski definition) is 3. The molecule has 168 valence electrons. The van der Waals surface area contributed by atoms with Crippen LogP contribution in [0.1, 0.15) is 31.4 Å². The maximum atomic E-state index is 12.8. The molecule has 1 aliphatic rings. The highest BCUT2D eigenvalue weighted by Gasteiger charge is 2.34. The van der Waals surface area contributed by atoms with Crippen LogP contribution in [0, 0.1) is 10.1 Å². The molecule has 32 heavy (non-hydrogen) atoms. The number of carbonyl (C=O) groups is 3. The number of rotatable bonds is 6. The lowest BCUT2D eigenvalue weighted by atomic mass is 10.0. The Morgan fingerprint density at radius 1 is 1.22 bits per heavy atom. The predicted molar refractivity (Wildman–Crippen MR) is 116 cm³/mol. The van der Waals surface area contributed by atoms with Gasteiger partial charge < -0.3 is 20.7 Å². The summed E-state index contributed by atoms with van der Waals surface area (Å²) in [5.74, 6) is -1.00. The first kappa shape index (κ1) is 22.7. The average Bonchev–Trinajstić information content (AvgIpc) is 2.90. The molecular weight excluding hydrogens is 416 g/mol. The number of nitro groups is 1. The zero-order chi connectivity index (χ0) is 23.3. The molecule has 1 atom stereocenters. The third kappa shape index (κ3) is 5.60. The number of anilines is 1. The van der Waals surface area contributed by atoms with Crippen LogP contribution in [-0.4, -0.2) is 34.4 Å². The van der Waals surface area contributed by atoms with Crippen molar-refractivity contribution in [2.24, 2.45) is 0 Å². The average molecular weight is 440 g/mol. The maximum Gasteiger partial charge on any atom is 0.408 e. The molecule has 2 aromatic carbocycles. The molecule has 0 saturated carbocycles. The Morgan fingerprint density at radius 2 is 1.94 bits per heavy atom. The van der Waals surface area contributed by atoms with Crippen LogP contribution in [0.2, 0.25) is 0 Å². The SMILES string of the molecule is CC(C)(NC(=O)OCc1ccccc1)C(=O)N[C@@H]1CCc2cc([N+](=O)[O-])ccc2NC1=O. The van der Waals surface area contributed by atoms with Crippen molar-refractivity contribution in [1.82, 2.24) is 10.6 Å². The Kier molecular flexibility index (Phi) is 6.72. The third-order valence-electron chi connectivity index (χ3n) is 5.08. The zero-order valence-electron chi connectivity index (χ0n) is 17.7. The van der Waals surface area contributed by atoms with Gasteiger partial charge in [0.15, 0.2) is 0 Å². The number of hydrogen-bond acceptors (Lipinski definition) is 6. The normalized spacial score (nSPS) is 15.6. The van der Waals surface area contributed by atoms with Crippen molar-refractivity contribution in [2.45, 2.75) is 44.9 Å². The van der Waals surface area contributed by atoms with Gasteiger partial charge in [-0.2, -0.15) is 0 Å². The number of carbonyl (C=O) groups excluding carboxylic acids is 3. The van der Waals surface area contributed by atoms with E-state index in [2.05, 4.69) is 16.0 Å². The summed E-state index contributed by atoms with van der Waals surface area (Å²) in [4.78, 5) is 48.0. The maximum absolute atomic E-state index is 12.8. The summed E-state index contributed by atoms with van der Waals surface area (Å²) in [7, 11) is 0.